The molecule has 1 unspecified atom stereocenters. The van der Waals surface area contributed by atoms with Gasteiger partial charge in [-0.05, 0) is 25.8 Å². The Hall–Kier alpha value is -0.610. The molecule has 0 aliphatic carbocycles. The van der Waals surface area contributed by atoms with Crippen LogP contribution in [-0.2, 0) is 4.79 Å². The van der Waals surface area contributed by atoms with E-state index in [1.54, 1.807) is 6.92 Å². The molecule has 0 aliphatic heterocycles. The standard InChI is InChI=1S/C9H19NO3/c1-8(9(12)13)7-10-5-3-2-4-6-11/h8,10-11H,2-7H2,1H3,(H,12,13). The number of aliphatic carboxylic acids is 1. The van der Waals surface area contributed by atoms with Gasteiger partial charge in [-0.25, -0.2) is 0 Å². The third-order valence-electron chi connectivity index (χ3n) is 1.88. The summed E-state index contributed by atoms with van der Waals surface area (Å²) in [7, 11) is 0. The highest BCUT2D eigenvalue weighted by molar-refractivity contribution is 5.69. The van der Waals surface area contributed by atoms with Gasteiger partial charge in [0.1, 0.15) is 0 Å². The molecule has 0 aromatic carbocycles. The highest BCUT2D eigenvalue weighted by Crippen LogP contribution is 1.94. The summed E-state index contributed by atoms with van der Waals surface area (Å²) in [5.74, 6) is -1.08. The Labute approximate surface area is 79.0 Å². The Balaban J connectivity index is 3.11. The van der Waals surface area contributed by atoms with Crippen LogP contribution in [0.25, 0.3) is 0 Å². The average Bonchev–Trinajstić information content (AvgIpc) is 2.10. The molecule has 0 bridgehead atoms. The number of rotatable bonds is 8. The van der Waals surface area contributed by atoms with Crippen LogP contribution in [0.3, 0.4) is 0 Å². The molecule has 0 aliphatic rings. The first kappa shape index (κ1) is 12.4. The fourth-order valence-electron chi connectivity index (χ4n) is 0.944. The minimum Gasteiger partial charge on any atom is -0.481 e. The molecule has 0 rings (SSSR count). The summed E-state index contributed by atoms with van der Waals surface area (Å²) in [5, 5.41) is 20.1. The fourth-order valence-corrected chi connectivity index (χ4v) is 0.944. The van der Waals surface area contributed by atoms with Gasteiger partial charge in [0.2, 0.25) is 0 Å². The second-order valence-electron chi connectivity index (χ2n) is 3.23. The molecule has 1 atom stereocenters. The molecule has 0 fully saturated rings. The van der Waals surface area contributed by atoms with Crippen LogP contribution in [0.15, 0.2) is 0 Å². The first-order valence-corrected chi connectivity index (χ1v) is 4.73. The summed E-state index contributed by atoms with van der Waals surface area (Å²) in [5.41, 5.74) is 0. The van der Waals surface area contributed by atoms with Crippen LogP contribution in [0, 0.1) is 5.92 Å². The molecule has 0 saturated heterocycles. The van der Waals surface area contributed by atoms with Crippen LogP contribution in [0.5, 0.6) is 0 Å². The topological polar surface area (TPSA) is 69.6 Å². The van der Waals surface area contributed by atoms with E-state index in [-0.39, 0.29) is 12.5 Å². The molecule has 0 aromatic heterocycles. The van der Waals surface area contributed by atoms with E-state index in [1.165, 1.54) is 0 Å². The highest BCUT2D eigenvalue weighted by Gasteiger charge is 2.08. The van der Waals surface area contributed by atoms with Crippen LogP contribution < -0.4 is 5.32 Å². The molecule has 0 amide bonds. The quantitative estimate of drug-likeness (QED) is 0.485. The highest BCUT2D eigenvalue weighted by atomic mass is 16.4. The molecule has 0 spiro atoms. The lowest BCUT2D eigenvalue weighted by Crippen LogP contribution is -2.27. The largest absolute Gasteiger partial charge is 0.481 e. The summed E-state index contributed by atoms with van der Waals surface area (Å²) in [6.07, 6.45) is 2.81. The molecular weight excluding hydrogens is 170 g/mol. The van der Waals surface area contributed by atoms with Crippen molar-refractivity contribution in [3.05, 3.63) is 0 Å². The Morgan fingerprint density at radius 1 is 1.38 bits per heavy atom. The number of aliphatic hydroxyl groups excluding tert-OH is 1. The Morgan fingerprint density at radius 3 is 2.62 bits per heavy atom. The number of carbonyl (C=O) groups is 1. The van der Waals surface area contributed by atoms with Gasteiger partial charge in [-0.1, -0.05) is 6.92 Å². The molecule has 78 valence electrons. The summed E-state index contributed by atoms with van der Waals surface area (Å²) in [6.45, 7) is 3.28. The number of hydrogen-bond donors (Lipinski definition) is 3. The molecule has 4 heteroatoms. The van der Waals surface area contributed by atoms with Crippen molar-refractivity contribution in [1.82, 2.24) is 5.32 Å². The number of hydrogen-bond acceptors (Lipinski definition) is 3. The maximum atomic E-state index is 10.4. The summed E-state index contributed by atoms with van der Waals surface area (Å²) < 4.78 is 0. The monoisotopic (exact) mass is 189 g/mol. The third-order valence-corrected chi connectivity index (χ3v) is 1.88. The SMILES string of the molecule is CC(CNCCCCCO)C(=O)O. The Morgan fingerprint density at radius 2 is 2.08 bits per heavy atom. The maximum absolute atomic E-state index is 10.4. The van der Waals surface area contributed by atoms with Crippen molar-refractivity contribution in [3.8, 4) is 0 Å². The van der Waals surface area contributed by atoms with E-state index >= 15 is 0 Å². The van der Waals surface area contributed by atoms with E-state index in [0.29, 0.717) is 6.54 Å². The normalized spacial score (nSPS) is 12.8. The van der Waals surface area contributed by atoms with Crippen molar-refractivity contribution in [2.75, 3.05) is 19.7 Å². The number of carboxylic acids is 1. The molecule has 13 heavy (non-hydrogen) atoms. The zero-order valence-corrected chi connectivity index (χ0v) is 8.12. The molecule has 4 nitrogen and oxygen atoms in total. The first-order valence-electron chi connectivity index (χ1n) is 4.73. The van der Waals surface area contributed by atoms with Gasteiger partial charge in [0.05, 0.1) is 5.92 Å². The minimum atomic E-state index is -0.761. The number of nitrogens with one attached hydrogen (secondary N) is 1. The third kappa shape index (κ3) is 7.74. The molecule has 0 saturated carbocycles. The second-order valence-corrected chi connectivity index (χ2v) is 3.23. The fraction of sp³-hybridized carbons (Fsp3) is 0.889. The van der Waals surface area contributed by atoms with E-state index in [4.69, 9.17) is 10.2 Å². The molecule has 0 heterocycles. The summed E-state index contributed by atoms with van der Waals surface area (Å²) >= 11 is 0. The molecule has 3 N–H and O–H groups in total. The van der Waals surface area contributed by atoms with Crippen LogP contribution in [0.2, 0.25) is 0 Å². The zero-order chi connectivity index (χ0) is 10.1. The summed E-state index contributed by atoms with van der Waals surface area (Å²) in [6, 6.07) is 0. The first-order chi connectivity index (χ1) is 6.18. The lowest BCUT2D eigenvalue weighted by atomic mass is 10.2. The zero-order valence-electron chi connectivity index (χ0n) is 8.12. The van der Waals surface area contributed by atoms with E-state index in [1.807, 2.05) is 0 Å². The van der Waals surface area contributed by atoms with Gasteiger partial charge >= 0.3 is 5.97 Å². The van der Waals surface area contributed by atoms with Gasteiger partial charge < -0.3 is 15.5 Å². The molecule has 0 aromatic rings. The predicted octanol–water partition coefficient (Wildman–Crippen LogP) is 0.459. The smallest absolute Gasteiger partial charge is 0.307 e. The van der Waals surface area contributed by atoms with Gasteiger partial charge in [-0.15, -0.1) is 0 Å². The average molecular weight is 189 g/mol. The molecular formula is C9H19NO3. The van der Waals surface area contributed by atoms with Crippen molar-refractivity contribution in [3.63, 3.8) is 0 Å². The van der Waals surface area contributed by atoms with Gasteiger partial charge in [0.15, 0.2) is 0 Å². The van der Waals surface area contributed by atoms with Crippen molar-refractivity contribution in [1.29, 1.82) is 0 Å². The maximum Gasteiger partial charge on any atom is 0.307 e. The van der Waals surface area contributed by atoms with Gasteiger partial charge in [-0.2, -0.15) is 0 Å². The Bertz CT molecular complexity index is 139. The van der Waals surface area contributed by atoms with Gasteiger partial charge in [0, 0.05) is 13.2 Å². The van der Waals surface area contributed by atoms with Crippen molar-refractivity contribution < 1.29 is 15.0 Å². The lowest BCUT2D eigenvalue weighted by Gasteiger charge is -2.07. The van der Waals surface area contributed by atoms with Crippen molar-refractivity contribution in [2.45, 2.75) is 26.2 Å². The van der Waals surface area contributed by atoms with Crippen molar-refractivity contribution in [2.24, 2.45) is 5.92 Å². The summed E-state index contributed by atoms with van der Waals surface area (Å²) in [4.78, 5) is 10.4. The van der Waals surface area contributed by atoms with E-state index < -0.39 is 5.97 Å². The second kappa shape index (κ2) is 8.01. The lowest BCUT2D eigenvalue weighted by molar-refractivity contribution is -0.140. The number of carboxylic acid groups (broad SMARTS) is 1. The van der Waals surface area contributed by atoms with Crippen molar-refractivity contribution >= 4 is 5.97 Å². The van der Waals surface area contributed by atoms with E-state index in [9.17, 15) is 4.79 Å². The van der Waals surface area contributed by atoms with Crippen LogP contribution >= 0.6 is 0 Å². The van der Waals surface area contributed by atoms with Crippen LogP contribution in [-0.4, -0.2) is 35.9 Å². The minimum absolute atomic E-state index is 0.242. The van der Waals surface area contributed by atoms with Gasteiger partial charge in [-0.3, -0.25) is 4.79 Å². The van der Waals surface area contributed by atoms with Crippen LogP contribution in [0.4, 0.5) is 0 Å². The molecule has 0 radical (unpaired) electrons. The van der Waals surface area contributed by atoms with Crippen LogP contribution in [0.1, 0.15) is 26.2 Å². The van der Waals surface area contributed by atoms with Gasteiger partial charge in [0.25, 0.3) is 0 Å². The number of unbranched alkanes of at least 4 members (excludes halogenated alkanes) is 2. The van der Waals surface area contributed by atoms with E-state index in [2.05, 4.69) is 5.32 Å². The number of aliphatic hydroxyl groups is 1. The Kier molecular flexibility index (Phi) is 7.63. The van der Waals surface area contributed by atoms with E-state index in [0.717, 1.165) is 25.8 Å². The predicted molar refractivity (Wildman–Crippen MR) is 50.6 cm³/mol.